The second-order valence-corrected chi connectivity index (χ2v) is 4.13. The van der Waals surface area contributed by atoms with Crippen LogP contribution in [-0.2, 0) is 17.8 Å². The fourth-order valence-electron chi connectivity index (χ4n) is 1.60. The van der Waals surface area contributed by atoms with Gasteiger partial charge in [0.1, 0.15) is 0 Å². The van der Waals surface area contributed by atoms with E-state index in [0.29, 0.717) is 0 Å². The van der Waals surface area contributed by atoms with Crippen molar-refractivity contribution in [3.63, 3.8) is 0 Å². The molecule has 1 heterocycles. The Morgan fingerprint density at radius 3 is 3.07 bits per heavy atom. The van der Waals surface area contributed by atoms with E-state index in [0.717, 1.165) is 25.7 Å². The minimum absolute atomic E-state index is 0.720. The number of aromatic nitrogens is 2. The molecule has 0 saturated heterocycles. The van der Waals surface area contributed by atoms with Gasteiger partial charge in [0.15, 0.2) is 0 Å². The summed E-state index contributed by atoms with van der Waals surface area (Å²) in [5, 5.41) is 7.85. The van der Waals surface area contributed by atoms with Crippen LogP contribution in [0, 0.1) is 6.92 Å². The Balaban J connectivity index is 1.89. The largest absolute Gasteiger partial charge is 0.383 e. The molecule has 4 nitrogen and oxygen atoms in total. The molecule has 1 N–H and O–H groups in total. The Kier molecular flexibility index (Phi) is 3.38. The van der Waals surface area contributed by atoms with Crippen LogP contribution in [-0.4, -0.2) is 29.5 Å². The first-order chi connectivity index (χ1) is 7.31. The van der Waals surface area contributed by atoms with Gasteiger partial charge in [-0.15, -0.1) is 0 Å². The number of nitrogens with one attached hydrogen (secondary N) is 1. The van der Waals surface area contributed by atoms with Crippen molar-refractivity contribution < 1.29 is 4.74 Å². The van der Waals surface area contributed by atoms with Gasteiger partial charge in [0.25, 0.3) is 0 Å². The molecule has 0 unspecified atom stereocenters. The van der Waals surface area contributed by atoms with Crippen LogP contribution >= 0.6 is 0 Å². The molecule has 0 atom stereocenters. The molecule has 1 aliphatic rings. The fourth-order valence-corrected chi connectivity index (χ4v) is 1.60. The van der Waals surface area contributed by atoms with Gasteiger partial charge >= 0.3 is 0 Å². The van der Waals surface area contributed by atoms with E-state index in [1.165, 1.54) is 24.1 Å². The van der Waals surface area contributed by atoms with E-state index in [4.69, 9.17) is 4.74 Å². The molecule has 2 rings (SSSR count). The van der Waals surface area contributed by atoms with E-state index in [9.17, 15) is 0 Å². The highest BCUT2D eigenvalue weighted by Crippen LogP contribution is 2.19. The average molecular weight is 209 g/mol. The first-order valence-corrected chi connectivity index (χ1v) is 5.55. The second-order valence-electron chi connectivity index (χ2n) is 4.13. The lowest BCUT2D eigenvalue weighted by molar-refractivity contribution is 0.183. The highest BCUT2D eigenvalue weighted by atomic mass is 16.5. The van der Waals surface area contributed by atoms with E-state index < -0.39 is 0 Å². The number of rotatable bonds is 6. The lowest BCUT2D eigenvalue weighted by atomic mass is 10.2. The maximum absolute atomic E-state index is 5.04. The molecule has 15 heavy (non-hydrogen) atoms. The monoisotopic (exact) mass is 209 g/mol. The van der Waals surface area contributed by atoms with Gasteiger partial charge in [0.2, 0.25) is 0 Å². The van der Waals surface area contributed by atoms with Crippen molar-refractivity contribution in [3.8, 4) is 0 Å². The van der Waals surface area contributed by atoms with Crippen LogP contribution in [0.2, 0.25) is 0 Å². The topological polar surface area (TPSA) is 39.1 Å². The van der Waals surface area contributed by atoms with Gasteiger partial charge in [-0.3, -0.25) is 4.68 Å². The third-order valence-corrected chi connectivity index (χ3v) is 2.87. The summed E-state index contributed by atoms with van der Waals surface area (Å²) in [6.07, 6.45) is 4.62. The van der Waals surface area contributed by atoms with Gasteiger partial charge in [-0.1, -0.05) is 0 Å². The Morgan fingerprint density at radius 2 is 2.40 bits per heavy atom. The minimum atomic E-state index is 0.720. The maximum atomic E-state index is 5.04. The Bertz CT molecular complexity index is 318. The minimum Gasteiger partial charge on any atom is -0.383 e. The highest BCUT2D eigenvalue weighted by molar-refractivity contribution is 5.16. The molecule has 1 aromatic rings. The number of hydrogen-bond donors (Lipinski definition) is 1. The van der Waals surface area contributed by atoms with Crippen molar-refractivity contribution >= 4 is 0 Å². The molecule has 0 radical (unpaired) electrons. The van der Waals surface area contributed by atoms with Crippen LogP contribution < -0.4 is 5.32 Å². The summed E-state index contributed by atoms with van der Waals surface area (Å²) in [6, 6.07) is 0.756. The SMILES string of the molecule is COCCn1ncc(CNC2CC2)c1C. The van der Waals surface area contributed by atoms with Gasteiger partial charge in [-0.2, -0.15) is 5.10 Å². The van der Waals surface area contributed by atoms with Gasteiger partial charge in [-0.05, 0) is 19.8 Å². The molecular formula is C11H19N3O. The fraction of sp³-hybridized carbons (Fsp3) is 0.727. The summed E-state index contributed by atoms with van der Waals surface area (Å²) in [4.78, 5) is 0. The molecule has 1 aliphatic carbocycles. The normalized spacial score (nSPS) is 15.9. The zero-order valence-corrected chi connectivity index (χ0v) is 9.49. The summed E-state index contributed by atoms with van der Waals surface area (Å²) in [5.41, 5.74) is 2.55. The first kappa shape index (κ1) is 10.6. The average Bonchev–Trinajstić information content (AvgIpc) is 3.00. The van der Waals surface area contributed by atoms with Crippen LogP contribution in [0.15, 0.2) is 6.20 Å². The van der Waals surface area contributed by atoms with E-state index in [-0.39, 0.29) is 0 Å². The van der Waals surface area contributed by atoms with Crippen molar-refractivity contribution in [2.75, 3.05) is 13.7 Å². The molecule has 0 bridgehead atoms. The third-order valence-electron chi connectivity index (χ3n) is 2.87. The molecule has 1 aromatic heterocycles. The molecule has 0 amide bonds. The number of nitrogens with zero attached hydrogens (tertiary/aromatic N) is 2. The van der Waals surface area contributed by atoms with Crippen molar-refractivity contribution in [1.29, 1.82) is 0 Å². The summed E-state index contributed by atoms with van der Waals surface area (Å²) in [5.74, 6) is 0. The molecule has 0 aromatic carbocycles. The molecular weight excluding hydrogens is 190 g/mol. The van der Waals surface area contributed by atoms with Crippen molar-refractivity contribution in [2.45, 2.75) is 38.9 Å². The summed E-state index contributed by atoms with van der Waals surface area (Å²) in [7, 11) is 1.72. The smallest absolute Gasteiger partial charge is 0.0658 e. The predicted molar refractivity (Wildman–Crippen MR) is 58.7 cm³/mol. The van der Waals surface area contributed by atoms with Crippen molar-refractivity contribution in [1.82, 2.24) is 15.1 Å². The molecule has 0 aliphatic heterocycles. The van der Waals surface area contributed by atoms with E-state index in [1.54, 1.807) is 7.11 Å². The third kappa shape index (κ3) is 2.79. The van der Waals surface area contributed by atoms with Crippen LogP contribution in [0.25, 0.3) is 0 Å². The lowest BCUT2D eigenvalue weighted by Gasteiger charge is -2.05. The van der Waals surface area contributed by atoms with Crippen molar-refractivity contribution in [2.24, 2.45) is 0 Å². The molecule has 4 heteroatoms. The van der Waals surface area contributed by atoms with Gasteiger partial charge in [-0.25, -0.2) is 0 Å². The molecule has 84 valence electrons. The zero-order valence-electron chi connectivity index (χ0n) is 9.49. The molecule has 1 saturated carbocycles. The number of hydrogen-bond acceptors (Lipinski definition) is 3. The Hall–Kier alpha value is -0.870. The molecule has 1 fully saturated rings. The lowest BCUT2D eigenvalue weighted by Crippen LogP contribution is -2.16. The van der Waals surface area contributed by atoms with Gasteiger partial charge < -0.3 is 10.1 Å². The van der Waals surface area contributed by atoms with E-state index in [1.807, 2.05) is 10.9 Å². The van der Waals surface area contributed by atoms with Crippen molar-refractivity contribution in [3.05, 3.63) is 17.5 Å². The summed E-state index contributed by atoms with van der Waals surface area (Å²) in [6.45, 7) is 4.62. The van der Waals surface area contributed by atoms with Crippen LogP contribution in [0.5, 0.6) is 0 Å². The van der Waals surface area contributed by atoms with E-state index in [2.05, 4.69) is 17.3 Å². The number of ether oxygens (including phenoxy) is 1. The quantitative estimate of drug-likeness (QED) is 0.762. The van der Waals surface area contributed by atoms with Gasteiger partial charge in [0.05, 0.1) is 19.3 Å². The van der Waals surface area contributed by atoms with Crippen LogP contribution in [0.4, 0.5) is 0 Å². The second kappa shape index (κ2) is 4.77. The standard InChI is InChI=1S/C11H19N3O/c1-9-10(7-12-11-3-4-11)8-13-14(9)5-6-15-2/h8,11-12H,3-7H2,1-2H3. The first-order valence-electron chi connectivity index (χ1n) is 5.55. The summed E-state index contributed by atoms with van der Waals surface area (Å²) >= 11 is 0. The predicted octanol–water partition coefficient (Wildman–Crippen LogP) is 1.09. The van der Waals surface area contributed by atoms with Crippen LogP contribution in [0.1, 0.15) is 24.1 Å². The highest BCUT2D eigenvalue weighted by Gasteiger charge is 2.20. The zero-order chi connectivity index (χ0) is 10.7. The maximum Gasteiger partial charge on any atom is 0.0658 e. The van der Waals surface area contributed by atoms with E-state index >= 15 is 0 Å². The number of methoxy groups -OCH3 is 1. The Labute approximate surface area is 90.6 Å². The van der Waals surface area contributed by atoms with Gasteiger partial charge in [0, 0.05) is 31.0 Å². The summed E-state index contributed by atoms with van der Waals surface area (Å²) < 4.78 is 7.05. The molecule has 0 spiro atoms. The Morgan fingerprint density at radius 1 is 1.60 bits per heavy atom. The van der Waals surface area contributed by atoms with Crippen LogP contribution in [0.3, 0.4) is 0 Å².